The summed E-state index contributed by atoms with van der Waals surface area (Å²) in [5.74, 6) is 2.12. The number of benzene rings is 2. The Hall–Kier alpha value is -2.93. The molecule has 4 rings (SSSR count). The Morgan fingerprint density at radius 3 is 2.42 bits per heavy atom. The van der Waals surface area contributed by atoms with Crippen molar-refractivity contribution in [3.8, 4) is 23.0 Å². The van der Waals surface area contributed by atoms with Gasteiger partial charge in [-0.25, -0.2) is 0 Å². The lowest BCUT2D eigenvalue weighted by molar-refractivity contribution is 0.102. The lowest BCUT2D eigenvalue weighted by Crippen LogP contribution is -2.33. The number of anilines is 1. The van der Waals surface area contributed by atoms with E-state index in [9.17, 15) is 4.79 Å². The summed E-state index contributed by atoms with van der Waals surface area (Å²) in [6, 6.07) is 10.8. The molecule has 0 aromatic heterocycles. The van der Waals surface area contributed by atoms with E-state index < -0.39 is 0 Å². The van der Waals surface area contributed by atoms with Crippen LogP contribution in [0.3, 0.4) is 0 Å². The molecule has 0 radical (unpaired) electrons. The van der Waals surface area contributed by atoms with Crippen molar-refractivity contribution in [3.63, 3.8) is 0 Å². The summed E-state index contributed by atoms with van der Waals surface area (Å²) >= 11 is 0. The number of piperidine rings is 1. The predicted molar refractivity (Wildman–Crippen MR) is 119 cm³/mol. The second kappa shape index (κ2) is 10.4. The fourth-order valence-corrected chi connectivity index (χ4v) is 3.84. The van der Waals surface area contributed by atoms with Crippen molar-refractivity contribution in [1.29, 1.82) is 0 Å². The average molecular weight is 427 g/mol. The van der Waals surface area contributed by atoms with E-state index >= 15 is 0 Å². The van der Waals surface area contributed by atoms with Gasteiger partial charge < -0.3 is 24.3 Å². The molecule has 1 amide bonds. The third kappa shape index (κ3) is 5.61. The van der Waals surface area contributed by atoms with E-state index in [0.29, 0.717) is 48.3 Å². The molecule has 0 aliphatic carbocycles. The number of hydrogen-bond acceptors (Lipinski definition) is 6. The molecule has 1 N–H and O–H groups in total. The minimum atomic E-state index is -0.272. The van der Waals surface area contributed by atoms with E-state index in [2.05, 4.69) is 10.2 Å². The van der Waals surface area contributed by atoms with Crippen LogP contribution in [0.5, 0.6) is 23.0 Å². The third-order valence-corrected chi connectivity index (χ3v) is 5.55. The van der Waals surface area contributed by atoms with Gasteiger partial charge in [-0.2, -0.15) is 0 Å². The highest BCUT2D eigenvalue weighted by atomic mass is 16.5. The highest BCUT2D eigenvalue weighted by molar-refractivity contribution is 6.06. The quantitative estimate of drug-likeness (QED) is 0.722. The van der Waals surface area contributed by atoms with Crippen molar-refractivity contribution >= 4 is 11.6 Å². The molecular weight excluding hydrogens is 396 g/mol. The number of methoxy groups -OCH3 is 1. The van der Waals surface area contributed by atoms with Crippen molar-refractivity contribution in [2.75, 3.05) is 51.9 Å². The van der Waals surface area contributed by atoms with Crippen molar-refractivity contribution in [3.05, 3.63) is 42.0 Å². The van der Waals surface area contributed by atoms with Gasteiger partial charge in [-0.15, -0.1) is 0 Å². The second-order valence-corrected chi connectivity index (χ2v) is 7.78. The number of likely N-dealkylation sites (tertiary alicyclic amines) is 1. The van der Waals surface area contributed by atoms with Gasteiger partial charge >= 0.3 is 0 Å². The van der Waals surface area contributed by atoms with Crippen LogP contribution in [0.2, 0.25) is 0 Å². The zero-order chi connectivity index (χ0) is 21.5. The topological polar surface area (TPSA) is 69.3 Å². The van der Waals surface area contributed by atoms with Gasteiger partial charge in [0.2, 0.25) is 0 Å². The van der Waals surface area contributed by atoms with Crippen LogP contribution in [0.1, 0.15) is 36.0 Å². The summed E-state index contributed by atoms with van der Waals surface area (Å²) in [5.41, 5.74) is 1.08. The molecule has 7 heteroatoms. The number of nitrogens with one attached hydrogen (secondary N) is 1. The van der Waals surface area contributed by atoms with Crippen LogP contribution in [0.15, 0.2) is 36.4 Å². The number of amides is 1. The van der Waals surface area contributed by atoms with Crippen LogP contribution in [0.4, 0.5) is 5.69 Å². The first-order valence-corrected chi connectivity index (χ1v) is 11.0. The highest BCUT2D eigenvalue weighted by Crippen LogP contribution is 2.36. The number of ether oxygens (including phenoxy) is 4. The molecule has 0 atom stereocenters. The van der Waals surface area contributed by atoms with E-state index in [4.69, 9.17) is 18.9 Å². The smallest absolute Gasteiger partial charge is 0.259 e. The average Bonchev–Trinajstić information content (AvgIpc) is 3.05. The minimum absolute atomic E-state index is 0.272. The molecule has 0 spiro atoms. The maximum atomic E-state index is 12.9. The molecule has 7 nitrogen and oxygen atoms in total. The van der Waals surface area contributed by atoms with E-state index in [-0.39, 0.29) is 5.91 Å². The first kappa shape index (κ1) is 21.3. The van der Waals surface area contributed by atoms with Gasteiger partial charge in [0, 0.05) is 30.8 Å². The highest BCUT2D eigenvalue weighted by Gasteiger charge is 2.20. The van der Waals surface area contributed by atoms with Gasteiger partial charge in [0.25, 0.3) is 5.91 Å². The first-order chi connectivity index (χ1) is 15.2. The lowest BCUT2D eigenvalue weighted by Gasteiger charge is -2.26. The molecule has 0 unspecified atom stereocenters. The normalized spacial score (nSPS) is 16.3. The minimum Gasteiger partial charge on any atom is -0.496 e. The molecule has 1 fully saturated rings. The van der Waals surface area contributed by atoms with Crippen LogP contribution in [-0.2, 0) is 0 Å². The van der Waals surface area contributed by atoms with E-state index in [1.165, 1.54) is 26.4 Å². The summed E-state index contributed by atoms with van der Waals surface area (Å²) in [4.78, 5) is 15.3. The molecule has 0 saturated carbocycles. The maximum absolute atomic E-state index is 12.9. The van der Waals surface area contributed by atoms with Gasteiger partial charge in [-0.1, -0.05) is 6.42 Å². The van der Waals surface area contributed by atoms with Crippen LogP contribution in [-0.4, -0.2) is 57.4 Å². The Bertz CT molecular complexity index is 878. The predicted octanol–water partition coefficient (Wildman–Crippen LogP) is 3.97. The Morgan fingerprint density at radius 1 is 1.00 bits per heavy atom. The van der Waals surface area contributed by atoms with Crippen LogP contribution in [0.25, 0.3) is 0 Å². The number of rotatable bonds is 7. The Kier molecular flexibility index (Phi) is 7.14. The molecule has 2 aromatic rings. The van der Waals surface area contributed by atoms with Crippen LogP contribution >= 0.6 is 0 Å². The van der Waals surface area contributed by atoms with Crippen molar-refractivity contribution < 1.29 is 23.7 Å². The van der Waals surface area contributed by atoms with Crippen molar-refractivity contribution in [2.45, 2.75) is 25.7 Å². The van der Waals surface area contributed by atoms with Gasteiger partial charge in [-0.05, 0) is 50.2 Å². The number of nitrogens with zero attached hydrogens (tertiary/aromatic N) is 1. The molecule has 31 heavy (non-hydrogen) atoms. The lowest BCUT2D eigenvalue weighted by atomic mass is 10.1. The molecule has 2 heterocycles. The summed E-state index contributed by atoms with van der Waals surface area (Å²) in [7, 11) is 1.53. The fraction of sp³-hybridized carbons (Fsp3) is 0.458. The monoisotopic (exact) mass is 426 g/mol. The van der Waals surface area contributed by atoms with E-state index in [1.807, 2.05) is 24.3 Å². The molecular formula is C24H30N2O5. The molecule has 2 aliphatic heterocycles. The standard InChI is InChI=1S/C24H30N2O5/c1-28-21-17-23-22(30-13-5-14-31-23)16-20(21)24(27)25-18-6-8-19(9-7-18)29-15-12-26-10-3-2-4-11-26/h6-9,16-17H,2-5,10-15H2,1H3,(H,25,27). The van der Waals surface area contributed by atoms with Crippen molar-refractivity contribution in [2.24, 2.45) is 0 Å². The Balaban J connectivity index is 1.35. The molecule has 2 aliphatic rings. The van der Waals surface area contributed by atoms with Crippen LogP contribution in [0, 0.1) is 0 Å². The van der Waals surface area contributed by atoms with E-state index in [0.717, 1.165) is 31.8 Å². The summed E-state index contributed by atoms with van der Waals surface area (Å²) in [6.07, 6.45) is 4.69. The molecule has 1 saturated heterocycles. The second-order valence-electron chi connectivity index (χ2n) is 7.78. The number of carbonyl (C=O) groups is 1. The summed E-state index contributed by atoms with van der Waals surface area (Å²) in [5, 5.41) is 2.91. The Labute approximate surface area is 183 Å². The summed E-state index contributed by atoms with van der Waals surface area (Å²) < 4.78 is 22.6. The Morgan fingerprint density at radius 2 is 1.71 bits per heavy atom. The largest absolute Gasteiger partial charge is 0.496 e. The van der Waals surface area contributed by atoms with E-state index in [1.54, 1.807) is 12.1 Å². The molecule has 166 valence electrons. The van der Waals surface area contributed by atoms with Gasteiger partial charge in [0.1, 0.15) is 18.1 Å². The first-order valence-electron chi connectivity index (χ1n) is 11.0. The third-order valence-electron chi connectivity index (χ3n) is 5.55. The van der Waals surface area contributed by atoms with Gasteiger partial charge in [-0.3, -0.25) is 9.69 Å². The SMILES string of the molecule is COc1cc2c(cc1C(=O)Nc1ccc(OCCN3CCCCC3)cc1)OCCCO2. The summed E-state index contributed by atoms with van der Waals surface area (Å²) in [6.45, 7) is 5.07. The van der Waals surface area contributed by atoms with Gasteiger partial charge in [0.15, 0.2) is 11.5 Å². The van der Waals surface area contributed by atoms with Crippen molar-refractivity contribution in [1.82, 2.24) is 4.90 Å². The van der Waals surface area contributed by atoms with Gasteiger partial charge in [0.05, 0.1) is 25.9 Å². The number of hydrogen-bond donors (Lipinski definition) is 1. The number of carbonyl (C=O) groups excluding carboxylic acids is 1. The molecule has 2 aromatic carbocycles. The maximum Gasteiger partial charge on any atom is 0.259 e. The zero-order valence-electron chi connectivity index (χ0n) is 18.0. The fourth-order valence-electron chi connectivity index (χ4n) is 3.84. The van der Waals surface area contributed by atoms with Crippen LogP contribution < -0.4 is 24.3 Å². The molecule has 0 bridgehead atoms. The number of fused-ring (bicyclic) bond motifs is 1. The zero-order valence-corrected chi connectivity index (χ0v) is 18.0.